The molecule has 2 fully saturated rings. The predicted molar refractivity (Wildman–Crippen MR) is 96.3 cm³/mol. The number of hydrogen-bond acceptors (Lipinski definition) is 1. The van der Waals surface area contributed by atoms with Crippen LogP contribution in [0.4, 0.5) is 0 Å². The summed E-state index contributed by atoms with van der Waals surface area (Å²) in [4.78, 5) is 0. The van der Waals surface area contributed by atoms with Gasteiger partial charge in [0.05, 0.1) is 11.6 Å². The zero-order chi connectivity index (χ0) is 16.1. The van der Waals surface area contributed by atoms with Crippen LogP contribution in [0, 0.1) is 23.2 Å². The summed E-state index contributed by atoms with van der Waals surface area (Å²) in [7, 11) is 0. The monoisotopic (exact) mass is 309 g/mol. The maximum Gasteiger partial charge on any atom is 0.0994 e. The van der Waals surface area contributed by atoms with E-state index in [1.165, 1.54) is 76.2 Å². The lowest BCUT2D eigenvalue weighted by molar-refractivity contribution is 0.124. The molecule has 1 nitrogen and oxygen atoms in total. The van der Waals surface area contributed by atoms with E-state index in [0.29, 0.717) is 5.41 Å². The Morgan fingerprint density at radius 3 is 2.39 bits per heavy atom. The van der Waals surface area contributed by atoms with Gasteiger partial charge < -0.3 is 0 Å². The van der Waals surface area contributed by atoms with Gasteiger partial charge >= 0.3 is 0 Å². The van der Waals surface area contributed by atoms with Crippen molar-refractivity contribution in [2.45, 2.75) is 83.0 Å². The van der Waals surface area contributed by atoms with Crippen molar-refractivity contribution in [3.05, 3.63) is 35.4 Å². The first-order valence-electron chi connectivity index (χ1n) is 9.80. The van der Waals surface area contributed by atoms with Crippen molar-refractivity contribution >= 4 is 0 Å². The van der Waals surface area contributed by atoms with Gasteiger partial charge in [0.2, 0.25) is 0 Å². The van der Waals surface area contributed by atoms with Gasteiger partial charge in [0.15, 0.2) is 0 Å². The Kier molecular flexibility index (Phi) is 5.42. The number of rotatable bonds is 4. The molecule has 1 aromatic rings. The molecular weight excluding hydrogens is 278 g/mol. The topological polar surface area (TPSA) is 23.8 Å². The zero-order valence-electron chi connectivity index (χ0n) is 14.7. The molecule has 3 rings (SSSR count). The minimum Gasteiger partial charge on any atom is -0.192 e. The molecule has 0 radical (unpaired) electrons. The SMILES string of the molecule is CCC[C@H]1CC[C@H](C2(c3ccccc3C#N)CCCCC2)CC1. The van der Waals surface area contributed by atoms with Crippen molar-refractivity contribution in [2.75, 3.05) is 0 Å². The van der Waals surface area contributed by atoms with Gasteiger partial charge in [-0.25, -0.2) is 0 Å². The van der Waals surface area contributed by atoms with E-state index in [2.05, 4.69) is 25.1 Å². The molecule has 0 saturated heterocycles. The summed E-state index contributed by atoms with van der Waals surface area (Å²) >= 11 is 0. The van der Waals surface area contributed by atoms with Crippen molar-refractivity contribution in [1.29, 1.82) is 5.26 Å². The van der Waals surface area contributed by atoms with Gasteiger partial charge in [0.1, 0.15) is 0 Å². The third-order valence-electron chi connectivity index (χ3n) is 6.65. The highest BCUT2D eigenvalue weighted by Crippen LogP contribution is 2.51. The average molecular weight is 309 g/mol. The van der Waals surface area contributed by atoms with Crippen LogP contribution in [0.25, 0.3) is 0 Å². The molecule has 0 aliphatic heterocycles. The van der Waals surface area contributed by atoms with Crippen LogP contribution in [-0.2, 0) is 5.41 Å². The van der Waals surface area contributed by atoms with Crippen LogP contribution in [0.15, 0.2) is 24.3 Å². The van der Waals surface area contributed by atoms with Gasteiger partial charge in [-0.15, -0.1) is 0 Å². The summed E-state index contributed by atoms with van der Waals surface area (Å²) in [6.07, 6.45) is 15.0. The molecule has 0 amide bonds. The molecule has 1 heteroatoms. The van der Waals surface area contributed by atoms with E-state index in [9.17, 15) is 5.26 Å². The van der Waals surface area contributed by atoms with Crippen molar-refractivity contribution in [3.8, 4) is 6.07 Å². The van der Waals surface area contributed by atoms with Gasteiger partial charge in [-0.05, 0) is 54.6 Å². The van der Waals surface area contributed by atoms with Gasteiger partial charge in [0.25, 0.3) is 0 Å². The second kappa shape index (κ2) is 7.52. The smallest absolute Gasteiger partial charge is 0.0994 e. The lowest BCUT2D eigenvalue weighted by Crippen LogP contribution is -2.40. The Balaban J connectivity index is 1.88. The van der Waals surface area contributed by atoms with E-state index < -0.39 is 0 Å². The minimum atomic E-state index is 0.293. The summed E-state index contributed by atoms with van der Waals surface area (Å²) < 4.78 is 0. The van der Waals surface area contributed by atoms with Crippen LogP contribution in [0.2, 0.25) is 0 Å². The van der Waals surface area contributed by atoms with Crippen LogP contribution in [0.1, 0.15) is 88.7 Å². The lowest BCUT2D eigenvalue weighted by atomic mass is 9.57. The molecule has 2 saturated carbocycles. The van der Waals surface area contributed by atoms with E-state index in [1.807, 2.05) is 12.1 Å². The first-order valence-corrected chi connectivity index (χ1v) is 9.80. The fraction of sp³-hybridized carbons (Fsp3) is 0.682. The molecule has 124 valence electrons. The average Bonchev–Trinajstić information content (AvgIpc) is 2.63. The van der Waals surface area contributed by atoms with Gasteiger partial charge in [-0.3, -0.25) is 0 Å². The molecule has 23 heavy (non-hydrogen) atoms. The highest BCUT2D eigenvalue weighted by Gasteiger charge is 2.43. The Labute approximate surface area is 142 Å². The molecule has 0 bridgehead atoms. The second-order valence-electron chi connectivity index (χ2n) is 7.88. The molecular formula is C22H31N. The molecule has 2 aliphatic carbocycles. The maximum absolute atomic E-state index is 9.62. The van der Waals surface area contributed by atoms with Gasteiger partial charge in [0, 0.05) is 0 Å². The summed E-state index contributed by atoms with van der Waals surface area (Å²) in [5.74, 6) is 1.76. The lowest BCUT2D eigenvalue weighted by Gasteiger charge is -2.47. The summed E-state index contributed by atoms with van der Waals surface area (Å²) in [5.41, 5.74) is 2.60. The van der Waals surface area contributed by atoms with Crippen molar-refractivity contribution in [3.63, 3.8) is 0 Å². The Bertz CT molecular complexity index is 539. The maximum atomic E-state index is 9.62. The first-order chi connectivity index (χ1) is 11.3. The van der Waals surface area contributed by atoms with Crippen molar-refractivity contribution in [2.24, 2.45) is 11.8 Å². The molecule has 1 aromatic carbocycles. The van der Waals surface area contributed by atoms with Crippen LogP contribution < -0.4 is 0 Å². The number of benzene rings is 1. The molecule has 0 atom stereocenters. The Morgan fingerprint density at radius 1 is 1.04 bits per heavy atom. The molecule has 0 N–H and O–H groups in total. The van der Waals surface area contributed by atoms with Crippen LogP contribution >= 0.6 is 0 Å². The van der Waals surface area contributed by atoms with Crippen LogP contribution in [0.5, 0.6) is 0 Å². The Morgan fingerprint density at radius 2 is 1.74 bits per heavy atom. The van der Waals surface area contributed by atoms with Gasteiger partial charge in [-0.2, -0.15) is 5.26 Å². The fourth-order valence-corrected chi connectivity index (χ4v) is 5.51. The van der Waals surface area contributed by atoms with Crippen LogP contribution in [0.3, 0.4) is 0 Å². The number of nitriles is 1. The summed E-state index contributed by atoms with van der Waals surface area (Å²) in [5, 5.41) is 9.62. The number of nitrogens with zero attached hydrogens (tertiary/aromatic N) is 1. The van der Waals surface area contributed by atoms with Crippen LogP contribution in [-0.4, -0.2) is 0 Å². The normalized spacial score (nSPS) is 27.3. The molecule has 2 aliphatic rings. The third kappa shape index (κ3) is 3.32. The summed E-state index contributed by atoms with van der Waals surface area (Å²) in [6, 6.07) is 11.0. The molecule has 0 unspecified atom stereocenters. The zero-order valence-corrected chi connectivity index (χ0v) is 14.7. The van der Waals surface area contributed by atoms with Crippen molar-refractivity contribution in [1.82, 2.24) is 0 Å². The first kappa shape index (κ1) is 16.6. The number of hydrogen-bond donors (Lipinski definition) is 0. The fourth-order valence-electron chi connectivity index (χ4n) is 5.51. The van der Waals surface area contributed by atoms with E-state index in [0.717, 1.165) is 17.4 Å². The predicted octanol–water partition coefficient (Wildman–Crippen LogP) is 6.37. The van der Waals surface area contributed by atoms with E-state index in [1.54, 1.807) is 0 Å². The van der Waals surface area contributed by atoms with Crippen molar-refractivity contribution < 1.29 is 0 Å². The summed E-state index contributed by atoms with van der Waals surface area (Å²) in [6.45, 7) is 2.32. The second-order valence-corrected chi connectivity index (χ2v) is 7.88. The van der Waals surface area contributed by atoms with E-state index in [-0.39, 0.29) is 0 Å². The standard InChI is InChI=1S/C22H31N/c1-2-8-18-11-13-20(14-12-18)22(15-6-3-7-16-22)21-10-5-4-9-19(21)17-23/h4-5,9-10,18,20H,2-3,6-8,11-16H2,1H3/t18-,20-. The van der Waals surface area contributed by atoms with E-state index >= 15 is 0 Å². The highest BCUT2D eigenvalue weighted by molar-refractivity contribution is 5.43. The largest absolute Gasteiger partial charge is 0.192 e. The van der Waals surface area contributed by atoms with Gasteiger partial charge in [-0.1, -0.05) is 70.1 Å². The molecule has 0 spiro atoms. The van der Waals surface area contributed by atoms with E-state index in [4.69, 9.17) is 0 Å². The minimum absolute atomic E-state index is 0.293. The quantitative estimate of drug-likeness (QED) is 0.634. The third-order valence-corrected chi connectivity index (χ3v) is 6.65. The molecule has 0 aromatic heterocycles. The molecule has 0 heterocycles. The highest BCUT2D eigenvalue weighted by atomic mass is 14.5. The Hall–Kier alpha value is -1.29.